The third kappa shape index (κ3) is 7.58. The zero-order chi connectivity index (χ0) is 25.4. The number of rotatable bonds is 9. The van der Waals surface area contributed by atoms with Crippen LogP contribution in [0.1, 0.15) is 23.5 Å². The van der Waals surface area contributed by atoms with Gasteiger partial charge in [0.15, 0.2) is 0 Å². The molecule has 4 amide bonds. The van der Waals surface area contributed by atoms with Crippen molar-refractivity contribution in [3.05, 3.63) is 45.6 Å². The number of methoxy groups -OCH3 is 1. The number of hydrogen-bond acceptors (Lipinski definition) is 6. The van der Waals surface area contributed by atoms with Gasteiger partial charge in [-0.25, -0.2) is 4.79 Å². The molecule has 0 unspecified atom stereocenters. The maximum Gasteiger partial charge on any atom is 0.317 e. The second kappa shape index (κ2) is 12.8. The topological polar surface area (TPSA) is 94.2 Å². The van der Waals surface area contributed by atoms with Gasteiger partial charge in [0.2, 0.25) is 5.91 Å². The average Bonchev–Trinajstić information content (AvgIpc) is 3.37. The summed E-state index contributed by atoms with van der Waals surface area (Å²) in [6.45, 7) is 6.90. The van der Waals surface area contributed by atoms with Crippen LogP contribution >= 0.6 is 22.9 Å². The molecule has 190 valence electrons. The molecule has 1 aliphatic heterocycles. The summed E-state index contributed by atoms with van der Waals surface area (Å²) < 4.78 is 5.11. The highest BCUT2D eigenvalue weighted by Gasteiger charge is 2.23. The van der Waals surface area contributed by atoms with E-state index < -0.39 is 0 Å². The molecule has 11 heteroatoms. The van der Waals surface area contributed by atoms with E-state index in [1.54, 1.807) is 30.2 Å². The number of piperazine rings is 1. The summed E-state index contributed by atoms with van der Waals surface area (Å²) >= 11 is 7.69. The van der Waals surface area contributed by atoms with Crippen molar-refractivity contribution >= 4 is 52.2 Å². The third-order valence-corrected chi connectivity index (χ3v) is 6.67. The van der Waals surface area contributed by atoms with Crippen molar-refractivity contribution in [2.75, 3.05) is 63.2 Å². The van der Waals surface area contributed by atoms with Gasteiger partial charge >= 0.3 is 6.03 Å². The van der Waals surface area contributed by atoms with Gasteiger partial charge < -0.3 is 30.1 Å². The van der Waals surface area contributed by atoms with E-state index in [0.29, 0.717) is 54.9 Å². The highest BCUT2D eigenvalue weighted by molar-refractivity contribution is 7.12. The fourth-order valence-corrected chi connectivity index (χ4v) is 4.54. The number of nitrogens with one attached hydrogen (secondary N) is 2. The molecule has 0 aliphatic carbocycles. The predicted molar refractivity (Wildman–Crippen MR) is 140 cm³/mol. The summed E-state index contributed by atoms with van der Waals surface area (Å²) in [7, 11) is 1.55. The van der Waals surface area contributed by atoms with Crippen LogP contribution in [0.2, 0.25) is 5.02 Å². The Morgan fingerprint density at radius 1 is 1.17 bits per heavy atom. The lowest BCUT2D eigenvalue weighted by Gasteiger charge is -2.36. The van der Waals surface area contributed by atoms with Crippen LogP contribution in [0.15, 0.2) is 35.7 Å². The number of anilines is 2. The smallest absolute Gasteiger partial charge is 0.317 e. The summed E-state index contributed by atoms with van der Waals surface area (Å²) in [5.41, 5.74) is 1.38. The Bertz CT molecular complexity index is 1010. The van der Waals surface area contributed by atoms with E-state index in [4.69, 9.17) is 16.3 Å². The molecule has 0 bridgehead atoms. The van der Waals surface area contributed by atoms with Gasteiger partial charge in [0, 0.05) is 51.6 Å². The first-order valence-corrected chi connectivity index (χ1v) is 12.8. The molecule has 35 heavy (non-hydrogen) atoms. The summed E-state index contributed by atoms with van der Waals surface area (Å²) in [6, 6.07) is 9.03. The molecule has 0 spiro atoms. The van der Waals surface area contributed by atoms with Gasteiger partial charge in [0.05, 0.1) is 22.2 Å². The minimum absolute atomic E-state index is 0.0566. The monoisotopic (exact) mass is 521 g/mol. The summed E-state index contributed by atoms with van der Waals surface area (Å²) in [6.07, 6.45) is 0. The number of halogens is 1. The molecule has 1 saturated heterocycles. The third-order valence-electron chi connectivity index (χ3n) is 5.49. The lowest BCUT2D eigenvalue weighted by atomic mass is 10.2. The van der Waals surface area contributed by atoms with Crippen LogP contribution < -0.4 is 15.5 Å². The number of nitrogens with zero attached hydrogens (tertiary/aromatic N) is 3. The largest absolute Gasteiger partial charge is 0.383 e. The summed E-state index contributed by atoms with van der Waals surface area (Å²) in [5, 5.41) is 7.99. The zero-order valence-electron chi connectivity index (χ0n) is 20.3. The highest BCUT2D eigenvalue weighted by atomic mass is 35.5. The fraction of sp³-hybridized carbons (Fsp3) is 0.458. The van der Waals surface area contributed by atoms with Crippen LogP contribution in [-0.2, 0) is 9.53 Å². The van der Waals surface area contributed by atoms with Crippen molar-refractivity contribution in [2.24, 2.45) is 0 Å². The van der Waals surface area contributed by atoms with Crippen LogP contribution in [-0.4, -0.2) is 86.7 Å². The van der Waals surface area contributed by atoms with Crippen molar-refractivity contribution in [1.82, 2.24) is 15.1 Å². The molecular formula is C24H32ClN5O4S. The number of amides is 4. The molecule has 2 heterocycles. The van der Waals surface area contributed by atoms with Crippen molar-refractivity contribution in [3.63, 3.8) is 0 Å². The first-order valence-electron chi connectivity index (χ1n) is 11.5. The second-order valence-electron chi connectivity index (χ2n) is 8.49. The quantitative estimate of drug-likeness (QED) is 0.527. The van der Waals surface area contributed by atoms with E-state index in [1.807, 2.05) is 31.4 Å². The van der Waals surface area contributed by atoms with Gasteiger partial charge in [-0.15, -0.1) is 11.3 Å². The molecule has 1 aromatic carbocycles. The van der Waals surface area contributed by atoms with E-state index in [1.165, 1.54) is 16.2 Å². The fourth-order valence-electron chi connectivity index (χ4n) is 3.68. The Labute approximate surface area is 215 Å². The Balaban J connectivity index is 1.62. The molecule has 0 atom stereocenters. The summed E-state index contributed by atoms with van der Waals surface area (Å²) in [5.74, 6) is -0.563. The number of thiophene rings is 1. The highest BCUT2D eigenvalue weighted by Crippen LogP contribution is 2.28. The number of hydrogen-bond donors (Lipinski definition) is 2. The maximum atomic E-state index is 12.8. The number of carbonyl (C=O) groups excluding carboxylic acids is 3. The Morgan fingerprint density at radius 3 is 2.54 bits per heavy atom. The van der Waals surface area contributed by atoms with Gasteiger partial charge in [-0.3, -0.25) is 9.59 Å². The van der Waals surface area contributed by atoms with Crippen molar-refractivity contribution in [3.8, 4) is 0 Å². The molecule has 0 radical (unpaired) electrons. The summed E-state index contributed by atoms with van der Waals surface area (Å²) in [4.78, 5) is 43.9. The van der Waals surface area contributed by atoms with Gasteiger partial charge in [-0.05, 0) is 43.5 Å². The van der Waals surface area contributed by atoms with E-state index in [9.17, 15) is 14.4 Å². The molecule has 3 rings (SSSR count). The molecular weight excluding hydrogens is 490 g/mol. The molecule has 1 aromatic heterocycles. The second-order valence-corrected chi connectivity index (χ2v) is 9.84. The van der Waals surface area contributed by atoms with Crippen molar-refractivity contribution < 1.29 is 19.1 Å². The number of ether oxygens (including phenoxy) is 1. The SMILES string of the molecule is COCCN(CC(=O)Nc1cc(N2CCN(C(=O)NC(C)C)CC2)ccc1Cl)C(=O)c1cccs1. The normalized spacial score (nSPS) is 13.6. The zero-order valence-corrected chi connectivity index (χ0v) is 21.8. The van der Waals surface area contributed by atoms with Crippen LogP contribution in [0.5, 0.6) is 0 Å². The van der Waals surface area contributed by atoms with E-state index in [0.717, 1.165) is 5.69 Å². The molecule has 0 saturated carbocycles. The van der Waals surface area contributed by atoms with Crippen LogP contribution in [0.25, 0.3) is 0 Å². The molecule has 1 fully saturated rings. The first-order chi connectivity index (χ1) is 16.8. The van der Waals surface area contributed by atoms with Crippen molar-refractivity contribution in [2.45, 2.75) is 19.9 Å². The van der Waals surface area contributed by atoms with Crippen LogP contribution in [0.4, 0.5) is 16.2 Å². The molecule has 1 aliphatic rings. The van der Waals surface area contributed by atoms with Gasteiger partial charge in [-0.1, -0.05) is 17.7 Å². The van der Waals surface area contributed by atoms with Gasteiger partial charge in [-0.2, -0.15) is 0 Å². The van der Waals surface area contributed by atoms with Crippen LogP contribution in [0.3, 0.4) is 0 Å². The first kappa shape index (κ1) is 26.8. The molecule has 2 N–H and O–H groups in total. The Hall–Kier alpha value is -2.82. The lowest BCUT2D eigenvalue weighted by Crippen LogP contribution is -2.52. The molecule has 2 aromatic rings. The minimum atomic E-state index is -0.347. The van der Waals surface area contributed by atoms with E-state index in [-0.39, 0.29) is 30.4 Å². The van der Waals surface area contributed by atoms with Crippen LogP contribution in [0, 0.1) is 0 Å². The van der Waals surface area contributed by atoms with Gasteiger partial charge in [0.1, 0.15) is 6.54 Å². The Kier molecular flexibility index (Phi) is 9.76. The van der Waals surface area contributed by atoms with E-state index in [2.05, 4.69) is 15.5 Å². The number of urea groups is 1. The van der Waals surface area contributed by atoms with E-state index >= 15 is 0 Å². The van der Waals surface area contributed by atoms with Gasteiger partial charge in [0.25, 0.3) is 5.91 Å². The molecule has 9 nitrogen and oxygen atoms in total. The number of carbonyl (C=O) groups is 3. The minimum Gasteiger partial charge on any atom is -0.383 e. The Morgan fingerprint density at radius 2 is 1.91 bits per heavy atom. The number of benzene rings is 1. The average molecular weight is 522 g/mol. The maximum absolute atomic E-state index is 12.8. The lowest BCUT2D eigenvalue weighted by molar-refractivity contribution is -0.117. The standard InChI is InChI=1S/C24H32ClN5O4S/c1-17(2)26-24(33)29-10-8-28(9-11-29)18-6-7-19(25)20(15-18)27-22(31)16-30(12-13-34-3)23(32)21-5-4-14-35-21/h4-7,14-15,17H,8-13,16H2,1-3H3,(H,26,33)(H,27,31). The van der Waals surface area contributed by atoms with Crippen molar-refractivity contribution in [1.29, 1.82) is 0 Å². The predicted octanol–water partition coefficient (Wildman–Crippen LogP) is 3.37.